The maximum Gasteiger partial charge on any atom is 0.306 e. The number of esters is 2. The Morgan fingerprint density at radius 2 is 1.04 bits per heavy atom. The van der Waals surface area contributed by atoms with Crippen molar-refractivity contribution in [2.45, 2.75) is 76.4 Å². The van der Waals surface area contributed by atoms with Crippen LogP contribution in [0.2, 0.25) is 0 Å². The SMILES string of the molecule is C=CC(=O)C1CCCCC1OC(=O)CCC(=O)OC1CCCCC1C(=O)C=C. The summed E-state index contributed by atoms with van der Waals surface area (Å²) in [5, 5.41) is 0. The van der Waals surface area contributed by atoms with Gasteiger partial charge in [-0.1, -0.05) is 26.0 Å². The molecule has 0 heterocycles. The highest BCUT2D eigenvalue weighted by atomic mass is 16.6. The van der Waals surface area contributed by atoms with Gasteiger partial charge in [-0.05, 0) is 50.7 Å². The van der Waals surface area contributed by atoms with Gasteiger partial charge in [0.05, 0.1) is 24.7 Å². The minimum absolute atomic E-state index is 0.100. The third-order valence-electron chi connectivity index (χ3n) is 5.64. The van der Waals surface area contributed by atoms with Crippen LogP contribution in [0.5, 0.6) is 0 Å². The Kier molecular flexibility index (Phi) is 8.61. The Bertz CT molecular complexity index is 569. The lowest BCUT2D eigenvalue weighted by Gasteiger charge is -2.30. The summed E-state index contributed by atoms with van der Waals surface area (Å²) in [7, 11) is 0. The van der Waals surface area contributed by atoms with Crippen LogP contribution in [0, 0.1) is 11.8 Å². The highest BCUT2D eigenvalue weighted by Gasteiger charge is 2.34. The largest absolute Gasteiger partial charge is 0.462 e. The van der Waals surface area contributed by atoms with E-state index >= 15 is 0 Å². The predicted octanol–water partition coefficient (Wildman–Crippen LogP) is 3.48. The Balaban J connectivity index is 1.80. The van der Waals surface area contributed by atoms with Crippen LogP contribution in [0.15, 0.2) is 25.3 Å². The Labute approximate surface area is 166 Å². The van der Waals surface area contributed by atoms with E-state index in [-0.39, 0.29) is 36.2 Å². The van der Waals surface area contributed by atoms with Gasteiger partial charge in [-0.15, -0.1) is 0 Å². The maximum atomic E-state index is 12.1. The molecule has 4 atom stereocenters. The average Bonchev–Trinajstić information content (AvgIpc) is 2.72. The fraction of sp³-hybridized carbons (Fsp3) is 0.636. The molecule has 0 aromatic carbocycles. The van der Waals surface area contributed by atoms with Crippen molar-refractivity contribution in [3.63, 3.8) is 0 Å². The van der Waals surface area contributed by atoms with Crippen LogP contribution in [-0.2, 0) is 28.7 Å². The van der Waals surface area contributed by atoms with E-state index in [2.05, 4.69) is 13.2 Å². The Morgan fingerprint density at radius 3 is 1.39 bits per heavy atom. The van der Waals surface area contributed by atoms with Crippen molar-refractivity contribution in [1.82, 2.24) is 0 Å². The van der Waals surface area contributed by atoms with E-state index in [1.54, 1.807) is 0 Å². The van der Waals surface area contributed by atoms with Crippen molar-refractivity contribution >= 4 is 23.5 Å². The second-order valence-corrected chi connectivity index (χ2v) is 7.55. The first-order chi connectivity index (χ1) is 13.5. The minimum Gasteiger partial charge on any atom is -0.462 e. The molecule has 0 amide bonds. The van der Waals surface area contributed by atoms with E-state index in [9.17, 15) is 19.2 Å². The van der Waals surface area contributed by atoms with Crippen molar-refractivity contribution in [1.29, 1.82) is 0 Å². The van der Waals surface area contributed by atoms with Crippen molar-refractivity contribution < 1.29 is 28.7 Å². The van der Waals surface area contributed by atoms with Gasteiger partial charge in [0.25, 0.3) is 0 Å². The van der Waals surface area contributed by atoms with Gasteiger partial charge in [0, 0.05) is 0 Å². The van der Waals surface area contributed by atoms with Crippen LogP contribution < -0.4 is 0 Å². The topological polar surface area (TPSA) is 86.7 Å². The first kappa shape index (κ1) is 22.1. The maximum absolute atomic E-state index is 12.1. The number of ether oxygens (including phenoxy) is 2. The van der Waals surface area contributed by atoms with Crippen LogP contribution in [0.1, 0.15) is 64.2 Å². The molecular weight excluding hydrogens is 360 g/mol. The number of allylic oxidation sites excluding steroid dienone is 2. The number of hydrogen-bond donors (Lipinski definition) is 0. The number of carbonyl (C=O) groups is 4. The minimum atomic E-state index is -0.506. The van der Waals surface area contributed by atoms with Gasteiger partial charge in [0.15, 0.2) is 11.6 Å². The van der Waals surface area contributed by atoms with Crippen LogP contribution in [-0.4, -0.2) is 35.7 Å². The van der Waals surface area contributed by atoms with Crippen LogP contribution in [0.4, 0.5) is 0 Å². The van der Waals surface area contributed by atoms with E-state index in [1.165, 1.54) is 12.2 Å². The van der Waals surface area contributed by atoms with E-state index in [4.69, 9.17) is 9.47 Å². The van der Waals surface area contributed by atoms with Crippen molar-refractivity contribution in [2.75, 3.05) is 0 Å². The van der Waals surface area contributed by atoms with Crippen LogP contribution >= 0.6 is 0 Å². The predicted molar refractivity (Wildman–Crippen MR) is 103 cm³/mol. The second kappa shape index (κ2) is 10.9. The molecule has 2 rings (SSSR count). The lowest BCUT2D eigenvalue weighted by molar-refractivity contribution is -0.162. The summed E-state index contributed by atoms with van der Waals surface area (Å²) in [4.78, 5) is 48.2. The fourth-order valence-corrected chi connectivity index (χ4v) is 4.09. The number of ketones is 2. The normalized spacial score (nSPS) is 27.3. The molecule has 0 N–H and O–H groups in total. The summed E-state index contributed by atoms with van der Waals surface area (Å²) in [5.41, 5.74) is 0. The van der Waals surface area contributed by atoms with Gasteiger partial charge in [-0.25, -0.2) is 0 Å². The molecule has 2 saturated carbocycles. The van der Waals surface area contributed by atoms with Crippen LogP contribution in [0.25, 0.3) is 0 Å². The summed E-state index contributed by atoms with van der Waals surface area (Å²) < 4.78 is 10.9. The quantitative estimate of drug-likeness (QED) is 0.442. The molecule has 154 valence electrons. The first-order valence-corrected chi connectivity index (χ1v) is 10.2. The third kappa shape index (κ3) is 6.14. The smallest absolute Gasteiger partial charge is 0.306 e. The molecule has 0 aliphatic heterocycles. The standard InChI is InChI=1S/C22H30O6/c1-3-17(23)15-9-5-7-11-19(15)27-21(25)13-14-22(26)28-20-12-8-6-10-16(20)18(24)4-2/h3-4,15-16,19-20H,1-2,5-14H2. The van der Waals surface area contributed by atoms with Crippen molar-refractivity contribution in [3.05, 3.63) is 25.3 Å². The van der Waals surface area contributed by atoms with E-state index < -0.39 is 24.1 Å². The van der Waals surface area contributed by atoms with Gasteiger partial charge in [0.2, 0.25) is 0 Å². The van der Waals surface area contributed by atoms with Crippen molar-refractivity contribution in [3.8, 4) is 0 Å². The second-order valence-electron chi connectivity index (χ2n) is 7.55. The molecule has 6 nitrogen and oxygen atoms in total. The number of carbonyl (C=O) groups excluding carboxylic acids is 4. The summed E-state index contributed by atoms with van der Waals surface area (Å²) in [6.45, 7) is 7.02. The zero-order chi connectivity index (χ0) is 20.5. The molecular formula is C22H30O6. The molecule has 0 aromatic rings. The fourth-order valence-electron chi connectivity index (χ4n) is 4.09. The summed E-state index contributed by atoms with van der Waals surface area (Å²) >= 11 is 0. The van der Waals surface area contributed by atoms with Crippen molar-refractivity contribution in [2.24, 2.45) is 11.8 Å². The molecule has 2 fully saturated rings. The molecule has 0 radical (unpaired) electrons. The van der Waals surface area contributed by atoms with Gasteiger partial charge in [-0.3, -0.25) is 19.2 Å². The molecule has 0 spiro atoms. The lowest BCUT2D eigenvalue weighted by atomic mass is 9.83. The third-order valence-corrected chi connectivity index (χ3v) is 5.64. The highest BCUT2D eigenvalue weighted by molar-refractivity contribution is 5.92. The van der Waals surface area contributed by atoms with Gasteiger partial charge in [0.1, 0.15) is 12.2 Å². The summed E-state index contributed by atoms with van der Waals surface area (Å²) in [5.74, 6) is -1.90. The van der Waals surface area contributed by atoms with E-state index in [1.807, 2.05) is 0 Å². The summed E-state index contributed by atoms with van der Waals surface area (Å²) in [6, 6.07) is 0. The molecule has 2 aliphatic rings. The zero-order valence-corrected chi connectivity index (χ0v) is 16.4. The van der Waals surface area contributed by atoms with E-state index in [0.717, 1.165) is 25.7 Å². The van der Waals surface area contributed by atoms with Gasteiger partial charge >= 0.3 is 11.9 Å². The summed E-state index contributed by atoms with van der Waals surface area (Å²) in [6.07, 6.45) is 7.78. The molecule has 0 aromatic heterocycles. The first-order valence-electron chi connectivity index (χ1n) is 10.2. The molecule has 28 heavy (non-hydrogen) atoms. The Hall–Kier alpha value is -2.24. The monoisotopic (exact) mass is 390 g/mol. The highest BCUT2D eigenvalue weighted by Crippen LogP contribution is 2.29. The lowest BCUT2D eigenvalue weighted by Crippen LogP contribution is -2.35. The molecule has 4 unspecified atom stereocenters. The average molecular weight is 390 g/mol. The van der Waals surface area contributed by atoms with E-state index in [0.29, 0.717) is 25.7 Å². The molecule has 6 heteroatoms. The number of hydrogen-bond acceptors (Lipinski definition) is 6. The zero-order valence-electron chi connectivity index (χ0n) is 16.4. The van der Waals surface area contributed by atoms with Gasteiger partial charge in [-0.2, -0.15) is 0 Å². The Morgan fingerprint density at radius 1 is 0.679 bits per heavy atom. The molecule has 2 aliphatic carbocycles. The molecule has 0 saturated heterocycles. The van der Waals surface area contributed by atoms with Crippen LogP contribution in [0.3, 0.4) is 0 Å². The van der Waals surface area contributed by atoms with Gasteiger partial charge < -0.3 is 9.47 Å². The molecule has 0 bridgehead atoms. The number of rotatable bonds is 9.